The Hall–Kier alpha value is -0.500. The monoisotopic (exact) mass is 260 g/mol. The Kier molecular flexibility index (Phi) is 2.55. The van der Waals surface area contributed by atoms with E-state index in [2.05, 4.69) is 28.7 Å². The van der Waals surface area contributed by atoms with Crippen molar-refractivity contribution in [3.8, 4) is 6.07 Å². The first-order valence-electron chi connectivity index (χ1n) is 3.46. The number of hydrogen-bond acceptors (Lipinski definition) is 1. The van der Waals surface area contributed by atoms with Crippen LogP contribution in [0.25, 0.3) is 0 Å². The van der Waals surface area contributed by atoms with E-state index in [4.69, 9.17) is 5.26 Å². The number of alkyl halides is 1. The summed E-state index contributed by atoms with van der Waals surface area (Å²) in [5, 5.41) is 8.88. The van der Waals surface area contributed by atoms with Crippen molar-refractivity contribution < 1.29 is 0 Å². The van der Waals surface area contributed by atoms with Crippen LogP contribution in [0.5, 0.6) is 0 Å². The number of rotatable bonds is 2. The van der Waals surface area contributed by atoms with E-state index in [9.17, 15) is 0 Å². The summed E-state index contributed by atoms with van der Waals surface area (Å²) in [4.78, 5) is 0. The second kappa shape index (κ2) is 3.26. The van der Waals surface area contributed by atoms with Crippen molar-refractivity contribution in [1.29, 1.82) is 5.26 Å². The van der Waals surface area contributed by atoms with Gasteiger partial charge in [0, 0.05) is 12.4 Å². The van der Waals surface area contributed by atoms with Crippen LogP contribution in [0.1, 0.15) is 13.3 Å². The van der Waals surface area contributed by atoms with Crippen LogP contribution >= 0.6 is 22.6 Å². The van der Waals surface area contributed by atoms with Crippen molar-refractivity contribution >= 4 is 22.6 Å². The Balaban J connectivity index is 2.99. The van der Waals surface area contributed by atoms with Gasteiger partial charge in [0.1, 0.15) is 6.07 Å². The summed E-state index contributed by atoms with van der Waals surface area (Å²) in [5.74, 6) is 0. The van der Waals surface area contributed by atoms with E-state index in [0.29, 0.717) is 0 Å². The highest BCUT2D eigenvalue weighted by atomic mass is 127. The van der Waals surface area contributed by atoms with Crippen LogP contribution in [0, 0.1) is 11.3 Å². The molecule has 1 atom stereocenters. The topological polar surface area (TPSA) is 28.7 Å². The van der Waals surface area contributed by atoms with Crippen LogP contribution in [0.15, 0.2) is 24.5 Å². The fourth-order valence-electron chi connectivity index (χ4n) is 0.890. The zero-order valence-corrected chi connectivity index (χ0v) is 8.45. The maximum Gasteiger partial charge on any atom is 0.182 e. The zero-order chi connectivity index (χ0) is 8.32. The van der Waals surface area contributed by atoms with E-state index in [1.807, 2.05) is 36.0 Å². The van der Waals surface area contributed by atoms with Crippen molar-refractivity contribution in [3.63, 3.8) is 0 Å². The predicted octanol–water partition coefficient (Wildman–Crippen LogP) is 2.51. The molecule has 0 bridgehead atoms. The largest absolute Gasteiger partial charge is 0.328 e. The average molecular weight is 260 g/mol. The number of hydrogen-bond donors (Lipinski definition) is 0. The quantitative estimate of drug-likeness (QED) is 0.593. The van der Waals surface area contributed by atoms with Gasteiger partial charge in [-0.15, -0.1) is 0 Å². The summed E-state index contributed by atoms with van der Waals surface area (Å²) in [6, 6.07) is 6.14. The van der Waals surface area contributed by atoms with Crippen molar-refractivity contribution in [2.45, 2.75) is 16.9 Å². The van der Waals surface area contributed by atoms with Crippen molar-refractivity contribution in [3.05, 3.63) is 24.5 Å². The van der Waals surface area contributed by atoms with E-state index >= 15 is 0 Å². The molecule has 2 nitrogen and oxygen atoms in total. The van der Waals surface area contributed by atoms with Gasteiger partial charge in [-0.25, -0.2) is 0 Å². The minimum Gasteiger partial charge on any atom is -0.328 e. The molecule has 0 aliphatic rings. The molecule has 0 fully saturated rings. The molecule has 0 amide bonds. The lowest BCUT2D eigenvalue weighted by Crippen LogP contribution is -2.21. The molecule has 0 aliphatic heterocycles. The minimum absolute atomic E-state index is 0.402. The molecule has 1 rings (SSSR count). The molecule has 1 heterocycles. The van der Waals surface area contributed by atoms with Crippen LogP contribution in [-0.2, 0) is 3.55 Å². The number of halogens is 1. The van der Waals surface area contributed by atoms with Gasteiger partial charge in [-0.1, -0.05) is 6.92 Å². The first kappa shape index (κ1) is 8.60. The second-order valence-corrected chi connectivity index (χ2v) is 4.10. The Morgan fingerprint density at radius 1 is 1.55 bits per heavy atom. The molecule has 0 saturated heterocycles. The van der Waals surface area contributed by atoms with Crippen LogP contribution in [-0.4, -0.2) is 4.57 Å². The molecule has 0 aromatic carbocycles. The van der Waals surface area contributed by atoms with E-state index in [1.165, 1.54) is 0 Å². The highest BCUT2D eigenvalue weighted by Crippen LogP contribution is 2.27. The summed E-state index contributed by atoms with van der Waals surface area (Å²) in [5.41, 5.74) is 0. The van der Waals surface area contributed by atoms with Gasteiger partial charge in [-0.05, 0) is 41.1 Å². The van der Waals surface area contributed by atoms with Crippen LogP contribution in [0.3, 0.4) is 0 Å². The predicted molar refractivity (Wildman–Crippen MR) is 52.3 cm³/mol. The number of aromatic nitrogens is 1. The third-order valence-electron chi connectivity index (χ3n) is 1.65. The molecule has 0 saturated carbocycles. The molecule has 0 spiro atoms. The second-order valence-electron chi connectivity index (χ2n) is 2.32. The first-order chi connectivity index (χ1) is 5.23. The minimum atomic E-state index is -0.402. The lowest BCUT2D eigenvalue weighted by Gasteiger charge is -2.19. The van der Waals surface area contributed by atoms with E-state index in [1.54, 1.807) is 0 Å². The summed E-state index contributed by atoms with van der Waals surface area (Å²) < 4.78 is 1.52. The fraction of sp³-hybridized carbons (Fsp3) is 0.375. The molecular formula is C8H9IN2. The Bertz CT molecular complexity index is 260. The Labute approximate surface area is 80.0 Å². The van der Waals surface area contributed by atoms with Gasteiger partial charge in [0.15, 0.2) is 3.55 Å². The van der Waals surface area contributed by atoms with Crippen LogP contribution < -0.4 is 0 Å². The van der Waals surface area contributed by atoms with Gasteiger partial charge < -0.3 is 4.57 Å². The van der Waals surface area contributed by atoms with Crippen LogP contribution in [0.2, 0.25) is 0 Å². The van der Waals surface area contributed by atoms with Crippen LogP contribution in [0.4, 0.5) is 0 Å². The third-order valence-corrected chi connectivity index (χ3v) is 3.21. The van der Waals surface area contributed by atoms with E-state index in [-0.39, 0.29) is 0 Å². The average Bonchev–Trinajstić information content (AvgIpc) is 2.55. The highest BCUT2D eigenvalue weighted by molar-refractivity contribution is 14.1. The molecule has 58 valence electrons. The molecule has 11 heavy (non-hydrogen) atoms. The van der Waals surface area contributed by atoms with Gasteiger partial charge in [-0.3, -0.25) is 0 Å². The Morgan fingerprint density at radius 3 is 2.45 bits per heavy atom. The van der Waals surface area contributed by atoms with Gasteiger partial charge in [0.05, 0.1) is 0 Å². The number of nitrogens with zero attached hydrogens (tertiary/aromatic N) is 2. The molecular weight excluding hydrogens is 251 g/mol. The van der Waals surface area contributed by atoms with E-state index in [0.717, 1.165) is 6.42 Å². The molecule has 1 aromatic rings. The zero-order valence-electron chi connectivity index (χ0n) is 6.29. The van der Waals surface area contributed by atoms with Gasteiger partial charge in [-0.2, -0.15) is 5.26 Å². The van der Waals surface area contributed by atoms with Crippen molar-refractivity contribution in [2.24, 2.45) is 0 Å². The van der Waals surface area contributed by atoms with E-state index < -0.39 is 3.55 Å². The molecule has 3 heteroatoms. The normalized spacial score (nSPS) is 15.4. The maximum absolute atomic E-state index is 8.88. The molecule has 0 radical (unpaired) electrons. The SMILES string of the molecule is CCC(I)(C#N)n1cccc1. The summed E-state index contributed by atoms with van der Waals surface area (Å²) in [6.45, 7) is 2.01. The molecule has 0 N–H and O–H groups in total. The lowest BCUT2D eigenvalue weighted by molar-refractivity contribution is 0.571. The van der Waals surface area contributed by atoms with Crippen molar-refractivity contribution in [2.75, 3.05) is 0 Å². The van der Waals surface area contributed by atoms with Gasteiger partial charge in [0.2, 0.25) is 0 Å². The highest BCUT2D eigenvalue weighted by Gasteiger charge is 2.24. The summed E-state index contributed by atoms with van der Waals surface area (Å²) in [6.07, 6.45) is 4.65. The summed E-state index contributed by atoms with van der Waals surface area (Å²) >= 11 is 2.17. The number of nitriles is 1. The fourth-order valence-corrected chi connectivity index (χ4v) is 1.21. The van der Waals surface area contributed by atoms with Gasteiger partial charge >= 0.3 is 0 Å². The standard InChI is InChI=1S/C8H9IN2/c1-2-8(9,7-10)11-5-3-4-6-11/h3-6H,2H2,1H3. The maximum atomic E-state index is 8.88. The molecule has 1 unspecified atom stereocenters. The summed E-state index contributed by atoms with van der Waals surface area (Å²) in [7, 11) is 0. The first-order valence-corrected chi connectivity index (χ1v) is 4.54. The molecule has 0 aliphatic carbocycles. The van der Waals surface area contributed by atoms with Gasteiger partial charge in [0.25, 0.3) is 0 Å². The Morgan fingerprint density at radius 2 is 2.09 bits per heavy atom. The smallest absolute Gasteiger partial charge is 0.182 e. The lowest BCUT2D eigenvalue weighted by atomic mass is 10.2. The molecule has 1 aromatic heterocycles. The van der Waals surface area contributed by atoms with Crippen molar-refractivity contribution in [1.82, 2.24) is 4.57 Å². The third kappa shape index (κ3) is 1.56.